The molecular formula is C21H23N5O3S. The number of piperidine rings is 1. The molecule has 0 radical (unpaired) electrons. The largest absolute Gasteiger partial charge is 0.305 e. The van der Waals surface area contributed by atoms with Crippen molar-refractivity contribution < 1.29 is 13.2 Å². The smallest absolute Gasteiger partial charge is 0.256 e. The third kappa shape index (κ3) is 4.58. The summed E-state index contributed by atoms with van der Waals surface area (Å²) in [5, 5.41) is 7.06. The van der Waals surface area contributed by atoms with Crippen molar-refractivity contribution in [3.63, 3.8) is 0 Å². The molecule has 1 N–H and O–H groups in total. The fraction of sp³-hybridized carbons (Fsp3) is 0.286. The Labute approximate surface area is 175 Å². The average molecular weight is 426 g/mol. The van der Waals surface area contributed by atoms with Gasteiger partial charge in [-0.2, -0.15) is 9.40 Å². The molecule has 156 valence electrons. The number of hydrogen-bond acceptors (Lipinski definition) is 5. The minimum absolute atomic E-state index is 0.137. The molecule has 1 aliphatic heterocycles. The predicted molar refractivity (Wildman–Crippen MR) is 113 cm³/mol. The molecule has 0 spiro atoms. The lowest BCUT2D eigenvalue weighted by Crippen LogP contribution is -2.35. The molecule has 1 aromatic carbocycles. The van der Waals surface area contributed by atoms with Gasteiger partial charge in [0.1, 0.15) is 0 Å². The number of hydrogen-bond donors (Lipinski definition) is 1. The predicted octanol–water partition coefficient (Wildman–Crippen LogP) is 2.75. The van der Waals surface area contributed by atoms with Gasteiger partial charge in [-0.1, -0.05) is 18.6 Å². The van der Waals surface area contributed by atoms with E-state index >= 15 is 0 Å². The highest BCUT2D eigenvalue weighted by Gasteiger charge is 2.26. The number of pyridine rings is 1. The first-order chi connectivity index (χ1) is 14.5. The van der Waals surface area contributed by atoms with Gasteiger partial charge in [0.25, 0.3) is 5.91 Å². The van der Waals surface area contributed by atoms with Crippen LogP contribution < -0.4 is 5.32 Å². The van der Waals surface area contributed by atoms with Gasteiger partial charge in [-0.25, -0.2) is 8.42 Å². The van der Waals surface area contributed by atoms with E-state index in [4.69, 9.17) is 0 Å². The fourth-order valence-electron chi connectivity index (χ4n) is 3.41. The van der Waals surface area contributed by atoms with Gasteiger partial charge >= 0.3 is 0 Å². The van der Waals surface area contributed by atoms with E-state index in [1.165, 1.54) is 16.4 Å². The first-order valence-corrected chi connectivity index (χ1v) is 11.3. The zero-order valence-corrected chi connectivity index (χ0v) is 17.3. The van der Waals surface area contributed by atoms with E-state index in [1.807, 2.05) is 18.2 Å². The number of carbonyl (C=O) groups is 1. The van der Waals surface area contributed by atoms with Crippen LogP contribution in [-0.2, 0) is 16.6 Å². The summed E-state index contributed by atoms with van der Waals surface area (Å²) in [4.78, 5) is 17.0. The van der Waals surface area contributed by atoms with Crippen LogP contribution in [0.3, 0.4) is 0 Å². The summed E-state index contributed by atoms with van der Waals surface area (Å²) < 4.78 is 28.9. The lowest BCUT2D eigenvalue weighted by Gasteiger charge is -2.26. The van der Waals surface area contributed by atoms with Crippen LogP contribution in [0, 0.1) is 0 Å². The van der Waals surface area contributed by atoms with E-state index in [0.717, 1.165) is 25.0 Å². The molecule has 30 heavy (non-hydrogen) atoms. The Morgan fingerprint density at radius 2 is 1.87 bits per heavy atom. The van der Waals surface area contributed by atoms with Crippen molar-refractivity contribution in [3.05, 3.63) is 72.2 Å². The Balaban J connectivity index is 1.46. The maximum absolute atomic E-state index is 12.9. The van der Waals surface area contributed by atoms with Crippen LogP contribution in [0.5, 0.6) is 0 Å². The van der Waals surface area contributed by atoms with E-state index in [-0.39, 0.29) is 10.5 Å². The second-order valence-corrected chi connectivity index (χ2v) is 9.10. The number of nitrogens with zero attached hydrogens (tertiary/aromatic N) is 4. The molecule has 9 heteroatoms. The Hall–Kier alpha value is -3.04. The lowest BCUT2D eigenvalue weighted by molar-refractivity contribution is 0.102. The SMILES string of the molecule is O=C(Nc1ccn(Cc2ccccn2)n1)c1cccc(S(=O)(=O)N2CCCCC2)c1. The Kier molecular flexibility index (Phi) is 5.91. The molecule has 0 atom stereocenters. The molecule has 0 unspecified atom stereocenters. The zero-order valence-electron chi connectivity index (χ0n) is 16.4. The van der Waals surface area contributed by atoms with E-state index in [2.05, 4.69) is 15.4 Å². The van der Waals surface area contributed by atoms with Crippen LogP contribution in [0.25, 0.3) is 0 Å². The molecule has 0 aliphatic carbocycles. The topological polar surface area (TPSA) is 97.2 Å². The molecule has 0 bridgehead atoms. The highest BCUT2D eigenvalue weighted by Crippen LogP contribution is 2.21. The quantitative estimate of drug-likeness (QED) is 0.655. The number of amides is 1. The molecule has 3 heterocycles. The molecule has 4 rings (SSSR count). The third-order valence-electron chi connectivity index (χ3n) is 4.98. The van der Waals surface area contributed by atoms with Gasteiger partial charge in [-0.15, -0.1) is 0 Å². The van der Waals surface area contributed by atoms with Gasteiger partial charge in [0.05, 0.1) is 17.1 Å². The van der Waals surface area contributed by atoms with Crippen molar-refractivity contribution >= 4 is 21.7 Å². The van der Waals surface area contributed by atoms with Crippen LogP contribution in [0.4, 0.5) is 5.82 Å². The van der Waals surface area contributed by atoms with Crippen molar-refractivity contribution in [2.75, 3.05) is 18.4 Å². The molecule has 3 aromatic rings. The maximum Gasteiger partial charge on any atom is 0.256 e. The van der Waals surface area contributed by atoms with Gasteiger partial charge in [-0.3, -0.25) is 14.5 Å². The first-order valence-electron chi connectivity index (χ1n) is 9.87. The van der Waals surface area contributed by atoms with Gasteiger partial charge in [0.15, 0.2) is 5.82 Å². The van der Waals surface area contributed by atoms with Gasteiger partial charge in [0, 0.05) is 37.1 Å². The van der Waals surface area contributed by atoms with Crippen LogP contribution in [-0.4, -0.2) is 46.5 Å². The fourth-order valence-corrected chi connectivity index (χ4v) is 4.98. The van der Waals surface area contributed by atoms with E-state index in [9.17, 15) is 13.2 Å². The Morgan fingerprint density at radius 1 is 1.03 bits per heavy atom. The summed E-state index contributed by atoms with van der Waals surface area (Å²) in [6, 6.07) is 13.5. The minimum atomic E-state index is -3.59. The number of sulfonamides is 1. The van der Waals surface area contributed by atoms with Crippen molar-refractivity contribution in [1.29, 1.82) is 0 Å². The molecule has 1 aliphatic rings. The van der Waals surface area contributed by atoms with Gasteiger partial charge in [0.2, 0.25) is 10.0 Å². The lowest BCUT2D eigenvalue weighted by atomic mass is 10.2. The monoisotopic (exact) mass is 425 g/mol. The first kappa shape index (κ1) is 20.2. The molecule has 1 fully saturated rings. The normalized spacial score (nSPS) is 15.1. The van der Waals surface area contributed by atoms with E-state index < -0.39 is 15.9 Å². The Bertz CT molecular complexity index is 1120. The van der Waals surface area contributed by atoms with Gasteiger partial charge < -0.3 is 5.32 Å². The number of carbonyl (C=O) groups excluding carboxylic acids is 1. The third-order valence-corrected chi connectivity index (χ3v) is 6.88. The molecular weight excluding hydrogens is 402 g/mol. The summed E-state index contributed by atoms with van der Waals surface area (Å²) in [5.41, 5.74) is 1.13. The number of nitrogens with one attached hydrogen (secondary N) is 1. The minimum Gasteiger partial charge on any atom is -0.305 e. The summed E-state index contributed by atoms with van der Waals surface area (Å²) in [5.74, 6) is -0.0194. The summed E-state index contributed by atoms with van der Waals surface area (Å²) in [6.45, 7) is 1.53. The number of rotatable bonds is 6. The highest BCUT2D eigenvalue weighted by molar-refractivity contribution is 7.89. The summed E-state index contributed by atoms with van der Waals surface area (Å²) in [6.07, 6.45) is 6.23. The molecule has 2 aromatic heterocycles. The second kappa shape index (κ2) is 8.76. The van der Waals surface area contributed by atoms with Crippen molar-refractivity contribution in [1.82, 2.24) is 19.1 Å². The summed E-state index contributed by atoms with van der Waals surface area (Å²) in [7, 11) is -3.59. The van der Waals surface area contributed by atoms with Crippen LogP contribution in [0.1, 0.15) is 35.3 Å². The number of anilines is 1. The summed E-state index contributed by atoms with van der Waals surface area (Å²) >= 11 is 0. The van der Waals surface area contributed by atoms with Crippen LogP contribution in [0.15, 0.2) is 65.8 Å². The average Bonchev–Trinajstić information content (AvgIpc) is 3.21. The highest BCUT2D eigenvalue weighted by atomic mass is 32.2. The molecule has 8 nitrogen and oxygen atoms in total. The van der Waals surface area contributed by atoms with E-state index in [1.54, 1.807) is 35.3 Å². The molecule has 0 saturated carbocycles. The Morgan fingerprint density at radius 3 is 2.63 bits per heavy atom. The van der Waals surface area contributed by atoms with E-state index in [0.29, 0.717) is 25.5 Å². The second-order valence-electron chi connectivity index (χ2n) is 7.17. The maximum atomic E-state index is 12.9. The van der Waals surface area contributed by atoms with Crippen molar-refractivity contribution in [3.8, 4) is 0 Å². The van der Waals surface area contributed by atoms with Crippen molar-refractivity contribution in [2.24, 2.45) is 0 Å². The standard InChI is InChI=1S/C21H23N5O3S/c27-21(23-20-10-14-25(24-20)16-18-8-2-3-11-22-18)17-7-6-9-19(15-17)30(28,29)26-12-4-1-5-13-26/h2-3,6-11,14-15H,1,4-5,12-13,16H2,(H,23,24,27). The van der Waals surface area contributed by atoms with Gasteiger partial charge in [-0.05, 0) is 43.2 Å². The number of benzene rings is 1. The molecule has 1 saturated heterocycles. The van der Waals surface area contributed by atoms with Crippen molar-refractivity contribution in [2.45, 2.75) is 30.7 Å². The van der Waals surface area contributed by atoms with Crippen LogP contribution in [0.2, 0.25) is 0 Å². The van der Waals surface area contributed by atoms with Crippen LogP contribution >= 0.6 is 0 Å². The zero-order chi connectivity index (χ0) is 21.0. The molecule has 1 amide bonds. The number of aromatic nitrogens is 3.